The predicted octanol–water partition coefficient (Wildman–Crippen LogP) is 3.64. The Hall–Kier alpha value is -1.28. The maximum Gasteiger partial charge on any atom is 0.573 e. The van der Waals surface area contributed by atoms with Gasteiger partial charge in [-0.3, -0.25) is 9.69 Å². The highest BCUT2D eigenvalue weighted by Crippen LogP contribution is 2.31. The van der Waals surface area contributed by atoms with Gasteiger partial charge in [-0.2, -0.15) is 0 Å². The molecule has 1 N–H and O–H groups in total. The van der Waals surface area contributed by atoms with Gasteiger partial charge in [0, 0.05) is 12.6 Å². The second kappa shape index (κ2) is 7.13. The Balaban J connectivity index is 2.85. The van der Waals surface area contributed by atoms with Crippen LogP contribution in [0.15, 0.2) is 22.7 Å². The molecular formula is C13H15BrF3NO3. The second-order valence-corrected chi connectivity index (χ2v) is 5.56. The van der Waals surface area contributed by atoms with Gasteiger partial charge in [0.1, 0.15) is 5.75 Å². The molecule has 0 unspecified atom stereocenters. The van der Waals surface area contributed by atoms with E-state index in [1.54, 1.807) is 4.90 Å². The van der Waals surface area contributed by atoms with Crippen LogP contribution in [0.3, 0.4) is 0 Å². The van der Waals surface area contributed by atoms with Crippen molar-refractivity contribution in [3.8, 4) is 5.75 Å². The number of nitrogens with zero attached hydrogens (tertiary/aromatic N) is 1. The summed E-state index contributed by atoms with van der Waals surface area (Å²) in [4.78, 5) is 12.5. The van der Waals surface area contributed by atoms with Crippen LogP contribution < -0.4 is 4.74 Å². The lowest BCUT2D eigenvalue weighted by atomic mass is 10.2. The molecule has 0 saturated carbocycles. The normalized spacial score (nSPS) is 12.0. The largest absolute Gasteiger partial charge is 0.573 e. The van der Waals surface area contributed by atoms with E-state index in [2.05, 4.69) is 20.7 Å². The molecule has 118 valence electrons. The molecule has 0 atom stereocenters. The summed E-state index contributed by atoms with van der Waals surface area (Å²) in [7, 11) is 0. The highest BCUT2D eigenvalue weighted by molar-refractivity contribution is 9.10. The fourth-order valence-electron chi connectivity index (χ4n) is 1.68. The summed E-state index contributed by atoms with van der Waals surface area (Å²) in [6.45, 7) is 3.86. The van der Waals surface area contributed by atoms with Gasteiger partial charge in [-0.25, -0.2) is 0 Å². The molecule has 1 aromatic carbocycles. The lowest BCUT2D eigenvalue weighted by Crippen LogP contribution is -2.35. The van der Waals surface area contributed by atoms with Gasteiger partial charge in [0.15, 0.2) is 0 Å². The number of ether oxygens (including phenoxy) is 1. The van der Waals surface area contributed by atoms with E-state index < -0.39 is 12.3 Å². The molecule has 0 aliphatic carbocycles. The van der Waals surface area contributed by atoms with Crippen molar-refractivity contribution in [3.63, 3.8) is 0 Å². The van der Waals surface area contributed by atoms with Gasteiger partial charge in [-0.05, 0) is 47.5 Å². The number of carbonyl (C=O) groups is 1. The summed E-state index contributed by atoms with van der Waals surface area (Å²) in [5.74, 6) is -1.29. The summed E-state index contributed by atoms with van der Waals surface area (Å²) in [6.07, 6.45) is -4.75. The van der Waals surface area contributed by atoms with Gasteiger partial charge in [0.05, 0.1) is 11.0 Å². The predicted molar refractivity (Wildman–Crippen MR) is 74.0 cm³/mol. The lowest BCUT2D eigenvalue weighted by Gasteiger charge is -2.24. The Morgan fingerprint density at radius 3 is 2.48 bits per heavy atom. The van der Waals surface area contributed by atoms with Gasteiger partial charge in [-0.1, -0.05) is 6.07 Å². The maximum atomic E-state index is 12.2. The Labute approximate surface area is 128 Å². The van der Waals surface area contributed by atoms with Crippen LogP contribution in [0.1, 0.15) is 19.4 Å². The second-order valence-electron chi connectivity index (χ2n) is 4.71. The van der Waals surface area contributed by atoms with Crippen molar-refractivity contribution in [2.24, 2.45) is 0 Å². The molecule has 4 nitrogen and oxygen atoms in total. The van der Waals surface area contributed by atoms with Gasteiger partial charge in [-0.15, -0.1) is 13.2 Å². The third kappa shape index (κ3) is 6.34. The molecule has 1 aromatic rings. The molecule has 0 aliphatic heterocycles. The van der Waals surface area contributed by atoms with Crippen molar-refractivity contribution in [3.05, 3.63) is 28.2 Å². The molecule has 0 amide bonds. The summed E-state index contributed by atoms with van der Waals surface area (Å²) in [5, 5.41) is 8.84. The van der Waals surface area contributed by atoms with Crippen LogP contribution in [0.25, 0.3) is 0 Å². The van der Waals surface area contributed by atoms with Gasteiger partial charge < -0.3 is 9.84 Å². The standard InChI is InChI=1S/C13H15BrF3NO3/c1-8(2)18(7-12(19)20)6-9-3-4-11(10(14)5-9)21-13(15,16)17/h3-5,8H,6-7H2,1-2H3,(H,19,20). The van der Waals surface area contributed by atoms with E-state index in [4.69, 9.17) is 5.11 Å². The smallest absolute Gasteiger partial charge is 0.480 e. The number of rotatable bonds is 6. The first-order valence-corrected chi connectivity index (χ1v) is 6.88. The van der Waals surface area contributed by atoms with Crippen LogP contribution in [0.4, 0.5) is 13.2 Å². The van der Waals surface area contributed by atoms with E-state index >= 15 is 0 Å². The Bertz CT molecular complexity index is 506. The number of carboxylic acids is 1. The van der Waals surface area contributed by atoms with Crippen LogP contribution in [-0.4, -0.2) is 34.9 Å². The average molecular weight is 370 g/mol. The zero-order valence-electron chi connectivity index (χ0n) is 11.4. The molecule has 0 saturated heterocycles. The van der Waals surface area contributed by atoms with E-state index in [9.17, 15) is 18.0 Å². The molecule has 0 aliphatic rings. The zero-order valence-corrected chi connectivity index (χ0v) is 13.0. The monoisotopic (exact) mass is 369 g/mol. The van der Waals surface area contributed by atoms with E-state index in [0.29, 0.717) is 12.1 Å². The van der Waals surface area contributed by atoms with E-state index in [1.165, 1.54) is 18.2 Å². The van der Waals surface area contributed by atoms with Crippen LogP contribution in [0.5, 0.6) is 5.75 Å². The van der Waals surface area contributed by atoms with E-state index in [1.807, 2.05) is 13.8 Å². The summed E-state index contributed by atoms with van der Waals surface area (Å²) in [5.41, 5.74) is 0.686. The number of hydrogen-bond acceptors (Lipinski definition) is 3. The quantitative estimate of drug-likeness (QED) is 0.831. The molecule has 1 rings (SSSR count). The minimum absolute atomic E-state index is 0.00835. The fraction of sp³-hybridized carbons (Fsp3) is 0.462. The topological polar surface area (TPSA) is 49.8 Å². The molecule has 0 fully saturated rings. The first kappa shape index (κ1) is 17.8. The third-order valence-electron chi connectivity index (χ3n) is 2.68. The molecule has 0 radical (unpaired) electrons. The molecule has 0 heterocycles. The number of halogens is 4. The van der Waals surface area contributed by atoms with Gasteiger partial charge >= 0.3 is 12.3 Å². The molecule has 0 bridgehead atoms. The van der Waals surface area contributed by atoms with Crippen molar-refractivity contribution in [1.82, 2.24) is 4.90 Å². The fourth-order valence-corrected chi connectivity index (χ4v) is 2.19. The highest BCUT2D eigenvalue weighted by Gasteiger charge is 2.32. The molecular weight excluding hydrogens is 355 g/mol. The van der Waals surface area contributed by atoms with E-state index in [0.717, 1.165) is 0 Å². The van der Waals surface area contributed by atoms with Crippen molar-refractivity contribution in [2.75, 3.05) is 6.54 Å². The number of hydrogen-bond donors (Lipinski definition) is 1. The van der Waals surface area contributed by atoms with Crippen molar-refractivity contribution < 1.29 is 27.8 Å². The molecule has 0 aromatic heterocycles. The van der Waals surface area contributed by atoms with Crippen LogP contribution >= 0.6 is 15.9 Å². The number of benzene rings is 1. The third-order valence-corrected chi connectivity index (χ3v) is 3.30. The zero-order chi connectivity index (χ0) is 16.2. The Kier molecular flexibility index (Phi) is 6.03. The van der Waals surface area contributed by atoms with Crippen molar-refractivity contribution >= 4 is 21.9 Å². The number of aliphatic carboxylic acids is 1. The SMILES string of the molecule is CC(C)N(CC(=O)O)Cc1ccc(OC(F)(F)F)c(Br)c1. The maximum absolute atomic E-state index is 12.2. The van der Waals surface area contributed by atoms with Crippen LogP contribution in [0, 0.1) is 0 Å². The van der Waals surface area contributed by atoms with Gasteiger partial charge in [0.25, 0.3) is 0 Å². The molecule has 8 heteroatoms. The number of carboxylic acid groups (broad SMARTS) is 1. The Morgan fingerprint density at radius 2 is 2.05 bits per heavy atom. The van der Waals surface area contributed by atoms with Gasteiger partial charge in [0.2, 0.25) is 0 Å². The average Bonchev–Trinajstić information content (AvgIpc) is 2.29. The highest BCUT2D eigenvalue weighted by atomic mass is 79.9. The first-order valence-electron chi connectivity index (χ1n) is 6.08. The number of alkyl halides is 3. The summed E-state index contributed by atoms with van der Waals surface area (Å²) < 4.78 is 40.5. The van der Waals surface area contributed by atoms with Crippen molar-refractivity contribution in [1.29, 1.82) is 0 Å². The lowest BCUT2D eigenvalue weighted by molar-refractivity contribution is -0.274. The minimum Gasteiger partial charge on any atom is -0.480 e. The first-order chi connectivity index (χ1) is 9.58. The van der Waals surface area contributed by atoms with Crippen LogP contribution in [-0.2, 0) is 11.3 Å². The van der Waals surface area contributed by atoms with Crippen LogP contribution in [0.2, 0.25) is 0 Å². The summed E-state index contributed by atoms with van der Waals surface area (Å²) in [6, 6.07) is 4.15. The minimum atomic E-state index is -4.75. The Morgan fingerprint density at radius 1 is 1.43 bits per heavy atom. The molecule has 21 heavy (non-hydrogen) atoms. The molecule has 0 spiro atoms. The van der Waals surface area contributed by atoms with Crippen molar-refractivity contribution in [2.45, 2.75) is 32.8 Å². The van der Waals surface area contributed by atoms with E-state index in [-0.39, 0.29) is 22.8 Å². The summed E-state index contributed by atoms with van der Waals surface area (Å²) >= 11 is 3.02.